The third-order valence-electron chi connectivity index (χ3n) is 3.61. The number of anilines is 1. The lowest BCUT2D eigenvalue weighted by molar-refractivity contribution is -0.141. The van der Waals surface area contributed by atoms with Gasteiger partial charge in [-0.25, -0.2) is 9.78 Å². The first-order valence-corrected chi connectivity index (χ1v) is 7.00. The highest BCUT2D eigenvalue weighted by molar-refractivity contribution is 5.87. The Kier molecular flexibility index (Phi) is 3.97. The Morgan fingerprint density at radius 2 is 2.30 bits per heavy atom. The summed E-state index contributed by atoms with van der Waals surface area (Å²) in [6.07, 6.45) is -0.964. The molecule has 1 aliphatic rings. The average Bonchev–Trinajstić information content (AvgIpc) is 3.12. The van der Waals surface area contributed by atoms with E-state index in [4.69, 9.17) is 0 Å². The molecule has 1 aliphatic heterocycles. The van der Waals surface area contributed by atoms with E-state index in [1.165, 1.54) is 16.9 Å². The summed E-state index contributed by atoms with van der Waals surface area (Å²) >= 11 is 0. The molecule has 0 fully saturated rings. The Balaban J connectivity index is 1.53. The standard InChI is InChI=1S/C13H14F3N5O2/c14-13(15,16)9-7-21-6-8(1-2-11(21)18-9)5-17-12(22)19-10-3-4-23-20-10/h3-4,7-8H,1-2,5-6H2,(H2,17,19,20,22)/t8-/m1/s1. The molecule has 0 saturated heterocycles. The number of carbonyl (C=O) groups is 1. The molecule has 2 N–H and O–H groups in total. The molecule has 2 aromatic heterocycles. The first-order valence-electron chi connectivity index (χ1n) is 7.00. The number of hydrogen-bond acceptors (Lipinski definition) is 4. The zero-order valence-corrected chi connectivity index (χ0v) is 11.9. The molecule has 2 aromatic rings. The molecule has 10 heteroatoms. The van der Waals surface area contributed by atoms with Gasteiger partial charge in [0.05, 0.1) is 0 Å². The number of nitrogens with one attached hydrogen (secondary N) is 2. The van der Waals surface area contributed by atoms with E-state index in [0.29, 0.717) is 31.8 Å². The van der Waals surface area contributed by atoms with Crippen LogP contribution in [0, 0.1) is 5.92 Å². The number of carbonyl (C=O) groups excluding carboxylic acids is 1. The molecule has 0 bridgehead atoms. The fourth-order valence-electron chi connectivity index (χ4n) is 2.49. The van der Waals surface area contributed by atoms with Crippen molar-refractivity contribution in [3.05, 3.63) is 30.0 Å². The van der Waals surface area contributed by atoms with Gasteiger partial charge in [-0.05, 0) is 12.3 Å². The number of halogens is 3. The second-order valence-corrected chi connectivity index (χ2v) is 5.32. The molecule has 3 rings (SSSR count). The number of amides is 2. The number of hydrogen-bond donors (Lipinski definition) is 2. The van der Waals surface area contributed by atoms with Gasteiger partial charge in [-0.2, -0.15) is 13.2 Å². The van der Waals surface area contributed by atoms with E-state index in [1.807, 2.05) is 0 Å². The molecule has 0 aromatic carbocycles. The predicted octanol–water partition coefficient (Wildman–Crippen LogP) is 2.27. The monoisotopic (exact) mass is 329 g/mol. The number of urea groups is 1. The summed E-state index contributed by atoms with van der Waals surface area (Å²) in [6, 6.07) is 1.06. The summed E-state index contributed by atoms with van der Waals surface area (Å²) in [4.78, 5) is 15.3. The van der Waals surface area contributed by atoms with Crippen LogP contribution in [0.25, 0.3) is 0 Å². The number of aryl methyl sites for hydroxylation is 1. The van der Waals surface area contributed by atoms with Crippen LogP contribution in [0.1, 0.15) is 17.9 Å². The molecule has 0 aliphatic carbocycles. The number of nitrogens with zero attached hydrogens (tertiary/aromatic N) is 3. The Labute approximate surface area is 128 Å². The van der Waals surface area contributed by atoms with E-state index in [2.05, 4.69) is 25.3 Å². The molecule has 0 unspecified atom stereocenters. The van der Waals surface area contributed by atoms with Crippen molar-refractivity contribution in [1.29, 1.82) is 0 Å². The molecule has 0 radical (unpaired) electrons. The van der Waals surface area contributed by atoms with Crippen molar-refractivity contribution in [3.63, 3.8) is 0 Å². The minimum atomic E-state index is -4.43. The minimum Gasteiger partial charge on any atom is -0.363 e. The molecular formula is C13H14F3N5O2. The lowest BCUT2D eigenvalue weighted by Crippen LogP contribution is -2.36. The second kappa shape index (κ2) is 5.94. The topological polar surface area (TPSA) is 85.0 Å². The van der Waals surface area contributed by atoms with E-state index >= 15 is 0 Å². The molecule has 2 amide bonds. The Morgan fingerprint density at radius 1 is 1.48 bits per heavy atom. The Hall–Kier alpha value is -2.52. The van der Waals surface area contributed by atoms with Gasteiger partial charge < -0.3 is 14.4 Å². The maximum absolute atomic E-state index is 12.7. The average molecular weight is 329 g/mol. The van der Waals surface area contributed by atoms with Crippen molar-refractivity contribution in [1.82, 2.24) is 20.0 Å². The van der Waals surface area contributed by atoms with Gasteiger partial charge in [0.1, 0.15) is 12.1 Å². The van der Waals surface area contributed by atoms with Crippen LogP contribution in [0.15, 0.2) is 23.0 Å². The summed E-state index contributed by atoms with van der Waals surface area (Å²) in [5, 5.41) is 8.69. The van der Waals surface area contributed by atoms with E-state index in [0.717, 1.165) is 6.20 Å². The van der Waals surface area contributed by atoms with Crippen LogP contribution in [0.3, 0.4) is 0 Å². The summed E-state index contributed by atoms with van der Waals surface area (Å²) in [6.45, 7) is 0.741. The SMILES string of the molecule is O=C(NC[C@H]1CCc2nc(C(F)(F)F)cn2C1)Nc1ccon1. The lowest BCUT2D eigenvalue weighted by atomic mass is 9.99. The Morgan fingerprint density at radius 3 is 3.00 bits per heavy atom. The van der Waals surface area contributed by atoms with E-state index in [9.17, 15) is 18.0 Å². The smallest absolute Gasteiger partial charge is 0.363 e. The highest BCUT2D eigenvalue weighted by atomic mass is 19.4. The third kappa shape index (κ3) is 3.63. The molecule has 0 saturated carbocycles. The van der Waals surface area contributed by atoms with Crippen molar-refractivity contribution in [2.75, 3.05) is 11.9 Å². The molecule has 7 nitrogen and oxygen atoms in total. The highest BCUT2D eigenvalue weighted by Gasteiger charge is 2.35. The zero-order valence-electron chi connectivity index (χ0n) is 11.9. The third-order valence-corrected chi connectivity index (χ3v) is 3.61. The van der Waals surface area contributed by atoms with Gasteiger partial charge in [-0.1, -0.05) is 5.16 Å². The molecule has 3 heterocycles. The quantitative estimate of drug-likeness (QED) is 0.905. The number of rotatable bonds is 3. The van der Waals surface area contributed by atoms with Crippen LogP contribution < -0.4 is 10.6 Å². The van der Waals surface area contributed by atoms with Crippen LogP contribution in [-0.2, 0) is 19.1 Å². The van der Waals surface area contributed by atoms with Gasteiger partial charge in [-0.3, -0.25) is 5.32 Å². The number of aromatic nitrogens is 3. The first kappa shape index (κ1) is 15.4. The summed E-state index contributed by atoms with van der Waals surface area (Å²) < 4.78 is 44.0. The number of imidazole rings is 1. The van der Waals surface area contributed by atoms with Gasteiger partial charge in [0.25, 0.3) is 0 Å². The summed E-state index contributed by atoms with van der Waals surface area (Å²) in [5.41, 5.74) is -0.870. The van der Waals surface area contributed by atoms with Crippen molar-refractivity contribution < 1.29 is 22.5 Å². The largest absolute Gasteiger partial charge is 0.434 e. The van der Waals surface area contributed by atoms with Gasteiger partial charge in [0.15, 0.2) is 11.5 Å². The molecule has 0 spiro atoms. The summed E-state index contributed by atoms with van der Waals surface area (Å²) in [7, 11) is 0. The molecule has 1 atom stereocenters. The van der Waals surface area contributed by atoms with Crippen molar-refractivity contribution in [2.24, 2.45) is 5.92 Å². The van der Waals surface area contributed by atoms with Gasteiger partial charge in [0, 0.05) is 31.8 Å². The molecule has 23 heavy (non-hydrogen) atoms. The number of fused-ring (bicyclic) bond motifs is 1. The fraction of sp³-hybridized carbons (Fsp3) is 0.462. The maximum Gasteiger partial charge on any atom is 0.434 e. The van der Waals surface area contributed by atoms with Gasteiger partial charge in [-0.15, -0.1) is 0 Å². The maximum atomic E-state index is 12.7. The van der Waals surface area contributed by atoms with Crippen LogP contribution in [-0.4, -0.2) is 27.3 Å². The van der Waals surface area contributed by atoms with Crippen molar-refractivity contribution in [2.45, 2.75) is 25.6 Å². The zero-order chi connectivity index (χ0) is 16.4. The second-order valence-electron chi connectivity index (χ2n) is 5.32. The normalized spacial score (nSPS) is 17.6. The van der Waals surface area contributed by atoms with Gasteiger partial charge >= 0.3 is 12.2 Å². The lowest BCUT2D eigenvalue weighted by Gasteiger charge is -2.23. The van der Waals surface area contributed by atoms with E-state index in [1.54, 1.807) is 0 Å². The van der Waals surface area contributed by atoms with Crippen LogP contribution in [0.4, 0.5) is 23.8 Å². The van der Waals surface area contributed by atoms with E-state index in [-0.39, 0.29) is 11.7 Å². The molecular weight excluding hydrogens is 315 g/mol. The first-order chi connectivity index (χ1) is 10.9. The van der Waals surface area contributed by atoms with Crippen LogP contribution in [0.2, 0.25) is 0 Å². The van der Waals surface area contributed by atoms with Crippen molar-refractivity contribution >= 4 is 11.8 Å². The highest BCUT2D eigenvalue weighted by Crippen LogP contribution is 2.30. The van der Waals surface area contributed by atoms with Crippen LogP contribution >= 0.6 is 0 Å². The van der Waals surface area contributed by atoms with Gasteiger partial charge in [0.2, 0.25) is 0 Å². The fourth-order valence-corrected chi connectivity index (χ4v) is 2.49. The summed E-state index contributed by atoms with van der Waals surface area (Å²) in [5.74, 6) is 0.763. The van der Waals surface area contributed by atoms with Crippen LogP contribution in [0.5, 0.6) is 0 Å². The van der Waals surface area contributed by atoms with E-state index < -0.39 is 17.9 Å². The Bertz CT molecular complexity index is 680. The molecule has 124 valence electrons. The number of alkyl halides is 3. The minimum absolute atomic E-state index is 0.0424. The predicted molar refractivity (Wildman–Crippen MR) is 72.6 cm³/mol. The van der Waals surface area contributed by atoms with Crippen molar-refractivity contribution in [3.8, 4) is 0 Å².